The highest BCUT2D eigenvalue weighted by atomic mass is 16.5. The summed E-state index contributed by atoms with van der Waals surface area (Å²) in [6.45, 7) is 11.9. The number of hydrogen-bond donors (Lipinski definition) is 0. The largest absolute Gasteiger partial charge is 0.362 e. The zero-order valence-corrected chi connectivity index (χ0v) is 20.0. The fraction of sp³-hybridized carbons (Fsp3) is 0.960. The van der Waals surface area contributed by atoms with E-state index in [0.29, 0.717) is 17.3 Å². The van der Waals surface area contributed by atoms with Gasteiger partial charge in [0.1, 0.15) is 5.60 Å². The Morgan fingerprint density at radius 2 is 1.76 bits per heavy atom. The standard InChI is InChI=1S/C25H45N3O/c1-19-10-11-21-24(3)22(20-18-25(19,21)13-12-23(20,2)29-24)26-14-7-8-16-28(6)17-9-15-27(4)5/h19-21H,7-18H2,1-6H3/t19-,20-,21+,23-,24+,25?/m1/s1. The first-order valence-corrected chi connectivity index (χ1v) is 12.3. The molecule has 0 radical (unpaired) electrons. The van der Waals surface area contributed by atoms with Gasteiger partial charge in [-0.15, -0.1) is 0 Å². The Balaban J connectivity index is 1.34. The van der Waals surface area contributed by atoms with Gasteiger partial charge in [0.05, 0.1) is 11.3 Å². The SMILES string of the molecule is C[C@@H]1CC[C@@H]2C13CC[C@@]1(C)O[C@]2(C)C(=NCCCCN(C)CCCN(C)C)[C@H]1C3. The van der Waals surface area contributed by atoms with Crippen molar-refractivity contribution in [3.05, 3.63) is 0 Å². The third-order valence-corrected chi connectivity index (χ3v) is 9.30. The van der Waals surface area contributed by atoms with Crippen LogP contribution in [0.5, 0.6) is 0 Å². The molecule has 0 aromatic rings. The summed E-state index contributed by atoms with van der Waals surface area (Å²) in [4.78, 5) is 10.0. The second kappa shape index (κ2) is 7.91. The molecule has 6 atom stereocenters. The first kappa shape index (κ1) is 21.8. The van der Waals surface area contributed by atoms with Crippen molar-refractivity contribution in [3.8, 4) is 0 Å². The molecule has 4 nitrogen and oxygen atoms in total. The molecule has 4 rings (SSSR count). The zero-order chi connectivity index (χ0) is 20.9. The second-order valence-corrected chi connectivity index (χ2v) is 11.5. The monoisotopic (exact) mass is 403 g/mol. The molecular formula is C25H45N3O. The lowest BCUT2D eigenvalue weighted by atomic mass is 9.50. The van der Waals surface area contributed by atoms with Crippen molar-refractivity contribution in [2.24, 2.45) is 28.2 Å². The van der Waals surface area contributed by atoms with E-state index in [1.165, 1.54) is 76.7 Å². The molecule has 1 saturated heterocycles. The lowest BCUT2D eigenvalue weighted by Gasteiger charge is -2.52. The van der Waals surface area contributed by atoms with E-state index in [2.05, 4.69) is 51.7 Å². The minimum absolute atomic E-state index is 0.0511. The van der Waals surface area contributed by atoms with E-state index in [0.717, 1.165) is 12.5 Å². The second-order valence-electron chi connectivity index (χ2n) is 11.5. The summed E-state index contributed by atoms with van der Waals surface area (Å²) in [7, 11) is 6.57. The summed E-state index contributed by atoms with van der Waals surface area (Å²) in [6.07, 6.45) is 10.4. The average Bonchev–Trinajstić information content (AvgIpc) is 3.02. The van der Waals surface area contributed by atoms with Crippen LogP contribution in [0.25, 0.3) is 0 Å². The summed E-state index contributed by atoms with van der Waals surface area (Å²) in [5.41, 5.74) is 1.97. The molecule has 0 amide bonds. The Kier molecular flexibility index (Phi) is 5.94. The molecule has 166 valence electrons. The van der Waals surface area contributed by atoms with E-state index in [1.54, 1.807) is 0 Å². The summed E-state index contributed by atoms with van der Waals surface area (Å²) in [5, 5.41) is 0. The van der Waals surface area contributed by atoms with Gasteiger partial charge in [-0.3, -0.25) is 4.99 Å². The zero-order valence-electron chi connectivity index (χ0n) is 20.0. The highest BCUT2D eigenvalue weighted by molar-refractivity contribution is 5.98. The number of aliphatic imine (C=N–C) groups is 1. The van der Waals surface area contributed by atoms with E-state index < -0.39 is 0 Å². The Bertz CT molecular complexity index is 634. The van der Waals surface area contributed by atoms with Crippen molar-refractivity contribution in [3.63, 3.8) is 0 Å². The van der Waals surface area contributed by atoms with Crippen LogP contribution in [0.15, 0.2) is 4.99 Å². The third-order valence-electron chi connectivity index (χ3n) is 9.30. The first-order valence-electron chi connectivity index (χ1n) is 12.3. The van der Waals surface area contributed by atoms with Gasteiger partial charge >= 0.3 is 0 Å². The van der Waals surface area contributed by atoms with E-state index >= 15 is 0 Å². The summed E-state index contributed by atoms with van der Waals surface area (Å²) in [6, 6.07) is 0. The molecule has 4 aliphatic rings. The fourth-order valence-corrected chi connectivity index (χ4v) is 7.65. The van der Waals surface area contributed by atoms with Crippen LogP contribution < -0.4 is 0 Å². The van der Waals surface area contributed by atoms with Gasteiger partial charge in [-0.25, -0.2) is 0 Å². The number of unbranched alkanes of at least 4 members (excludes halogenated alkanes) is 1. The van der Waals surface area contributed by atoms with Crippen LogP contribution in [0, 0.1) is 23.2 Å². The van der Waals surface area contributed by atoms with Crippen molar-refractivity contribution < 1.29 is 4.74 Å². The van der Waals surface area contributed by atoms with Gasteiger partial charge in [-0.1, -0.05) is 6.92 Å². The molecular weight excluding hydrogens is 358 g/mol. The maximum Gasteiger partial charge on any atom is 0.107 e. The fourth-order valence-electron chi connectivity index (χ4n) is 7.65. The van der Waals surface area contributed by atoms with Gasteiger partial charge in [0.15, 0.2) is 0 Å². The van der Waals surface area contributed by atoms with Crippen molar-refractivity contribution in [1.82, 2.24) is 9.80 Å². The molecule has 4 fully saturated rings. The number of hydrogen-bond acceptors (Lipinski definition) is 4. The van der Waals surface area contributed by atoms with Crippen LogP contribution in [-0.4, -0.2) is 74.0 Å². The highest BCUT2D eigenvalue weighted by Gasteiger charge is 2.73. The van der Waals surface area contributed by atoms with Crippen LogP contribution >= 0.6 is 0 Å². The molecule has 0 aromatic carbocycles. The minimum atomic E-state index is -0.0815. The summed E-state index contributed by atoms with van der Waals surface area (Å²) in [5.74, 6) is 2.14. The Labute approximate surface area is 179 Å². The molecule has 1 unspecified atom stereocenters. The molecule has 1 heterocycles. The number of nitrogens with zero attached hydrogens (tertiary/aromatic N) is 3. The van der Waals surface area contributed by atoms with Gasteiger partial charge in [0.2, 0.25) is 0 Å². The van der Waals surface area contributed by atoms with Crippen molar-refractivity contribution in [1.29, 1.82) is 0 Å². The van der Waals surface area contributed by atoms with Crippen molar-refractivity contribution in [2.45, 2.75) is 83.3 Å². The molecule has 0 N–H and O–H groups in total. The smallest absolute Gasteiger partial charge is 0.107 e. The molecule has 3 saturated carbocycles. The van der Waals surface area contributed by atoms with Crippen LogP contribution in [-0.2, 0) is 4.74 Å². The first-order chi connectivity index (χ1) is 13.7. The minimum Gasteiger partial charge on any atom is -0.362 e. The maximum absolute atomic E-state index is 6.94. The molecule has 3 bridgehead atoms. The molecule has 1 spiro atoms. The maximum atomic E-state index is 6.94. The molecule has 29 heavy (non-hydrogen) atoms. The van der Waals surface area contributed by atoms with Crippen LogP contribution in [0.2, 0.25) is 0 Å². The van der Waals surface area contributed by atoms with Crippen LogP contribution in [0.4, 0.5) is 0 Å². The Morgan fingerprint density at radius 1 is 1.00 bits per heavy atom. The van der Waals surface area contributed by atoms with Crippen molar-refractivity contribution in [2.75, 3.05) is 47.3 Å². The number of fused-ring (bicyclic) bond motifs is 2. The molecule has 0 aromatic heterocycles. The van der Waals surface area contributed by atoms with E-state index in [9.17, 15) is 0 Å². The van der Waals surface area contributed by atoms with Crippen LogP contribution in [0.3, 0.4) is 0 Å². The van der Waals surface area contributed by atoms with Gasteiger partial charge in [0, 0.05) is 12.5 Å². The molecule has 4 heteroatoms. The quantitative estimate of drug-likeness (QED) is 0.531. The predicted octanol–water partition coefficient (Wildman–Crippen LogP) is 4.48. The number of ether oxygens (including phenoxy) is 1. The normalized spacial score (nSPS) is 44.4. The molecule has 1 aliphatic heterocycles. The van der Waals surface area contributed by atoms with Gasteiger partial charge < -0.3 is 14.5 Å². The lowest BCUT2D eigenvalue weighted by Crippen LogP contribution is -2.56. The lowest BCUT2D eigenvalue weighted by molar-refractivity contribution is -0.0938. The van der Waals surface area contributed by atoms with E-state index in [-0.39, 0.29) is 11.2 Å². The highest BCUT2D eigenvalue weighted by Crippen LogP contribution is 2.71. The molecule has 3 aliphatic carbocycles. The predicted molar refractivity (Wildman–Crippen MR) is 122 cm³/mol. The Morgan fingerprint density at radius 3 is 2.52 bits per heavy atom. The third kappa shape index (κ3) is 3.61. The van der Waals surface area contributed by atoms with Crippen molar-refractivity contribution >= 4 is 5.71 Å². The van der Waals surface area contributed by atoms with E-state index in [1.807, 2.05) is 0 Å². The van der Waals surface area contributed by atoms with Gasteiger partial charge in [0.25, 0.3) is 0 Å². The summed E-state index contributed by atoms with van der Waals surface area (Å²) < 4.78 is 6.94. The number of rotatable bonds is 9. The van der Waals surface area contributed by atoms with Crippen LogP contribution in [0.1, 0.15) is 72.1 Å². The topological polar surface area (TPSA) is 28.1 Å². The Hall–Kier alpha value is -0.450. The van der Waals surface area contributed by atoms with Gasteiger partial charge in [-0.2, -0.15) is 0 Å². The summed E-state index contributed by atoms with van der Waals surface area (Å²) >= 11 is 0. The van der Waals surface area contributed by atoms with E-state index in [4.69, 9.17) is 9.73 Å². The average molecular weight is 404 g/mol. The van der Waals surface area contributed by atoms with Gasteiger partial charge in [-0.05, 0) is 123 Å².